The standard InChI is InChI=1S/C28H26ClF3N6O4/c1-14-8-9-33-21(16(3)28(30,31)32)23(14)38-25-18(12-19(29)22(34-25)17-6-4-5-7-20(17)39)24(35-26(38)40)37-11-10-36(27(41)42)13-15(37)2/h4-9,12,15-16,39H,10-11,13H2,1-3H3,(H,41,42)/t15-,16?/m0/s1. The van der Waals surface area contributed by atoms with Crippen LogP contribution in [0.2, 0.25) is 5.02 Å². The first-order valence-electron chi connectivity index (χ1n) is 13.0. The van der Waals surface area contributed by atoms with Crippen LogP contribution in [0.25, 0.3) is 28.0 Å². The van der Waals surface area contributed by atoms with E-state index in [1.54, 1.807) is 36.9 Å². The van der Waals surface area contributed by atoms with Crippen molar-refractivity contribution < 1.29 is 28.2 Å². The highest BCUT2D eigenvalue weighted by molar-refractivity contribution is 6.34. The summed E-state index contributed by atoms with van der Waals surface area (Å²) in [6, 6.07) is 8.84. The number of hydrogen-bond acceptors (Lipinski definition) is 7. The minimum atomic E-state index is -4.65. The predicted molar refractivity (Wildman–Crippen MR) is 151 cm³/mol. The minimum absolute atomic E-state index is 0.0489. The molecule has 1 aliphatic heterocycles. The van der Waals surface area contributed by atoms with Gasteiger partial charge < -0.3 is 20.0 Å². The molecule has 0 radical (unpaired) electrons. The lowest BCUT2D eigenvalue weighted by atomic mass is 10.0. The van der Waals surface area contributed by atoms with Gasteiger partial charge in [-0.3, -0.25) is 4.98 Å². The molecule has 0 aliphatic carbocycles. The Morgan fingerprint density at radius 1 is 1.17 bits per heavy atom. The molecule has 4 aromatic rings. The Bertz CT molecular complexity index is 1760. The Kier molecular flexibility index (Phi) is 7.48. The Hall–Kier alpha value is -4.39. The van der Waals surface area contributed by atoms with Crippen molar-refractivity contribution >= 4 is 34.5 Å². The number of carboxylic acid groups (broad SMARTS) is 1. The number of anilines is 1. The molecule has 10 nitrogen and oxygen atoms in total. The Morgan fingerprint density at radius 2 is 1.88 bits per heavy atom. The molecule has 5 rings (SSSR count). The van der Waals surface area contributed by atoms with Crippen molar-refractivity contribution in [1.82, 2.24) is 24.4 Å². The lowest BCUT2D eigenvalue weighted by molar-refractivity contribution is -0.147. The molecule has 14 heteroatoms. The van der Waals surface area contributed by atoms with E-state index in [4.69, 9.17) is 11.6 Å². The van der Waals surface area contributed by atoms with Crippen molar-refractivity contribution in [2.45, 2.75) is 38.9 Å². The molecular formula is C28H26ClF3N6O4. The maximum Gasteiger partial charge on any atom is 0.407 e. The second-order valence-corrected chi connectivity index (χ2v) is 10.6. The summed E-state index contributed by atoms with van der Waals surface area (Å²) in [5, 5.41) is 20.3. The van der Waals surface area contributed by atoms with Crippen LogP contribution < -0.4 is 10.6 Å². The number of pyridine rings is 2. The number of halogens is 4. The molecule has 2 atom stereocenters. The summed E-state index contributed by atoms with van der Waals surface area (Å²) in [5.41, 5.74) is -0.774. The molecule has 2 N–H and O–H groups in total. The van der Waals surface area contributed by atoms with Crippen LogP contribution in [0.5, 0.6) is 5.75 Å². The molecule has 0 spiro atoms. The number of fused-ring (bicyclic) bond motifs is 1. The third kappa shape index (κ3) is 5.08. The van der Waals surface area contributed by atoms with E-state index in [2.05, 4.69) is 15.0 Å². The summed E-state index contributed by atoms with van der Waals surface area (Å²) in [7, 11) is 0. The largest absolute Gasteiger partial charge is 0.507 e. The number of para-hydroxylation sites is 1. The number of piperazine rings is 1. The smallest absolute Gasteiger partial charge is 0.407 e. The number of aryl methyl sites for hydroxylation is 1. The van der Waals surface area contributed by atoms with Crippen LogP contribution in [-0.2, 0) is 0 Å². The zero-order valence-corrected chi connectivity index (χ0v) is 23.5. The number of phenols is 1. The highest BCUT2D eigenvalue weighted by Crippen LogP contribution is 2.40. The SMILES string of the molecule is Cc1ccnc(C(C)C(F)(F)F)c1-n1c(=O)nc(N2CCN(C(=O)O)C[C@@H]2C)c2cc(Cl)c(-c3ccccc3O)nc21. The van der Waals surface area contributed by atoms with Crippen LogP contribution in [-0.4, -0.2) is 72.6 Å². The number of nitrogens with zero attached hydrogens (tertiary/aromatic N) is 6. The second kappa shape index (κ2) is 10.8. The molecule has 0 bridgehead atoms. The van der Waals surface area contributed by atoms with Crippen LogP contribution in [0.1, 0.15) is 31.0 Å². The molecule has 1 saturated heterocycles. The van der Waals surface area contributed by atoms with Crippen molar-refractivity contribution in [3.8, 4) is 22.7 Å². The third-order valence-corrected chi connectivity index (χ3v) is 7.70. The fraction of sp³-hybridized carbons (Fsp3) is 0.321. The third-order valence-electron chi connectivity index (χ3n) is 7.41. The summed E-state index contributed by atoms with van der Waals surface area (Å²) in [5.74, 6) is -2.01. The van der Waals surface area contributed by atoms with Gasteiger partial charge in [0, 0.05) is 37.4 Å². The molecular weight excluding hydrogens is 577 g/mol. The number of aromatic nitrogens is 4. The molecule has 1 amide bonds. The van der Waals surface area contributed by atoms with Gasteiger partial charge in [-0.2, -0.15) is 18.2 Å². The van der Waals surface area contributed by atoms with E-state index in [1.165, 1.54) is 29.3 Å². The van der Waals surface area contributed by atoms with E-state index in [0.29, 0.717) is 5.56 Å². The van der Waals surface area contributed by atoms with Crippen molar-refractivity contribution in [2.75, 3.05) is 24.5 Å². The van der Waals surface area contributed by atoms with Gasteiger partial charge in [-0.25, -0.2) is 19.1 Å². The zero-order chi connectivity index (χ0) is 30.5. The first-order chi connectivity index (χ1) is 19.8. The van der Waals surface area contributed by atoms with E-state index in [-0.39, 0.29) is 69.9 Å². The topological polar surface area (TPSA) is 125 Å². The van der Waals surface area contributed by atoms with Gasteiger partial charge >= 0.3 is 18.0 Å². The van der Waals surface area contributed by atoms with Gasteiger partial charge in [-0.05, 0) is 50.6 Å². The summed E-state index contributed by atoms with van der Waals surface area (Å²) in [4.78, 5) is 41.4. The molecule has 3 aromatic heterocycles. The Balaban J connectivity index is 1.85. The van der Waals surface area contributed by atoms with Gasteiger partial charge in [0.25, 0.3) is 0 Å². The second-order valence-electron chi connectivity index (χ2n) is 10.2. The lowest BCUT2D eigenvalue weighted by Gasteiger charge is -2.39. The maximum atomic E-state index is 13.9. The normalized spacial score (nSPS) is 16.6. The number of rotatable bonds is 4. The number of benzene rings is 1. The number of hydrogen-bond donors (Lipinski definition) is 2. The van der Waals surface area contributed by atoms with Gasteiger partial charge in [0.05, 0.1) is 33.4 Å². The van der Waals surface area contributed by atoms with Gasteiger partial charge in [0.15, 0.2) is 5.65 Å². The minimum Gasteiger partial charge on any atom is -0.507 e. The molecule has 1 aromatic carbocycles. The van der Waals surface area contributed by atoms with Gasteiger partial charge in [-0.1, -0.05) is 23.7 Å². The lowest BCUT2D eigenvalue weighted by Crippen LogP contribution is -2.54. The van der Waals surface area contributed by atoms with E-state index in [9.17, 15) is 33.0 Å². The van der Waals surface area contributed by atoms with Crippen LogP contribution in [0.15, 0.2) is 47.4 Å². The molecule has 4 heterocycles. The van der Waals surface area contributed by atoms with Gasteiger partial charge in [-0.15, -0.1) is 0 Å². The van der Waals surface area contributed by atoms with E-state index >= 15 is 0 Å². The fourth-order valence-corrected chi connectivity index (χ4v) is 5.42. The molecule has 1 fully saturated rings. The number of alkyl halides is 3. The summed E-state index contributed by atoms with van der Waals surface area (Å²) >= 11 is 6.68. The monoisotopic (exact) mass is 602 g/mol. The number of phenolic OH excluding ortho intramolecular Hbond substituents is 1. The van der Waals surface area contributed by atoms with Crippen molar-refractivity contribution in [3.63, 3.8) is 0 Å². The quantitative estimate of drug-likeness (QED) is 0.320. The molecule has 0 saturated carbocycles. The average Bonchev–Trinajstić information content (AvgIpc) is 2.92. The maximum absolute atomic E-state index is 13.9. The Labute approximate surface area is 242 Å². The summed E-state index contributed by atoms with van der Waals surface area (Å²) < 4.78 is 42.8. The Morgan fingerprint density at radius 3 is 2.52 bits per heavy atom. The molecule has 220 valence electrons. The van der Waals surface area contributed by atoms with Crippen LogP contribution in [0.4, 0.5) is 23.8 Å². The van der Waals surface area contributed by atoms with Crippen LogP contribution >= 0.6 is 11.6 Å². The first kappa shape index (κ1) is 29.1. The average molecular weight is 603 g/mol. The molecule has 1 unspecified atom stereocenters. The summed E-state index contributed by atoms with van der Waals surface area (Å²) in [6.45, 7) is 4.75. The number of amides is 1. The first-order valence-corrected chi connectivity index (χ1v) is 13.4. The van der Waals surface area contributed by atoms with Crippen molar-refractivity contribution in [3.05, 3.63) is 69.4 Å². The highest BCUT2D eigenvalue weighted by Gasteiger charge is 2.40. The highest BCUT2D eigenvalue weighted by atomic mass is 35.5. The van der Waals surface area contributed by atoms with E-state index in [0.717, 1.165) is 11.5 Å². The molecule has 42 heavy (non-hydrogen) atoms. The van der Waals surface area contributed by atoms with Crippen LogP contribution in [0, 0.1) is 6.92 Å². The fourth-order valence-electron chi connectivity index (χ4n) is 5.17. The van der Waals surface area contributed by atoms with Crippen molar-refractivity contribution in [1.29, 1.82) is 0 Å². The zero-order valence-electron chi connectivity index (χ0n) is 22.7. The number of aromatic hydroxyl groups is 1. The molecule has 1 aliphatic rings. The van der Waals surface area contributed by atoms with Gasteiger partial charge in [0.2, 0.25) is 0 Å². The van der Waals surface area contributed by atoms with Crippen molar-refractivity contribution in [2.24, 2.45) is 0 Å². The van der Waals surface area contributed by atoms with Crippen LogP contribution in [0.3, 0.4) is 0 Å². The number of carbonyl (C=O) groups is 1. The van der Waals surface area contributed by atoms with Gasteiger partial charge in [0.1, 0.15) is 11.6 Å². The van der Waals surface area contributed by atoms with E-state index < -0.39 is 29.9 Å². The summed E-state index contributed by atoms with van der Waals surface area (Å²) in [6.07, 6.45) is -4.49. The van der Waals surface area contributed by atoms with E-state index in [1.807, 2.05) is 0 Å². The predicted octanol–water partition coefficient (Wildman–Crippen LogP) is 5.36.